The summed E-state index contributed by atoms with van der Waals surface area (Å²) in [6, 6.07) is 30.5. The van der Waals surface area contributed by atoms with Crippen LogP contribution < -0.4 is 15.7 Å². The molecule has 0 bridgehead atoms. The first-order chi connectivity index (χ1) is 22.5. The van der Waals surface area contributed by atoms with Crippen molar-refractivity contribution in [3.8, 4) is 0 Å². The monoisotopic (exact) mass is 673 g/mol. The molecule has 1 aliphatic heterocycles. The molecule has 1 aliphatic rings. The maximum Gasteiger partial charge on any atom is 0.407 e. The standard InChI is InChI=1S/C40H55NO6Si/c1-10-28(2)35-40(9,27-45-48(39(6,7)8,30-22-16-12-17-23-30)31-24-18-13-19-25-31)33(36(43)46-35)34(42)32(29-20-14-11-15-21-29)26-41-37(44)47-38(3,4)5/h10-25,32-36,42-43H,26-27H2,1-9H3,(H,41,44)/b28-10+/t32?,33?,34?,35-,36?,40-/m0/s1. The van der Waals surface area contributed by atoms with Crippen molar-refractivity contribution < 1.29 is 28.9 Å². The van der Waals surface area contributed by atoms with Gasteiger partial charge in [-0.3, -0.25) is 0 Å². The molecular weight excluding hydrogens is 619 g/mol. The fourth-order valence-corrected chi connectivity index (χ4v) is 12.0. The number of carbonyl (C=O) groups excluding carboxylic acids is 1. The molecular formula is C40H55NO6Si. The van der Waals surface area contributed by atoms with Gasteiger partial charge in [0, 0.05) is 30.4 Å². The Morgan fingerprint density at radius 1 is 0.938 bits per heavy atom. The Hall–Kier alpha value is -3.27. The van der Waals surface area contributed by atoms with Crippen LogP contribution in [0.15, 0.2) is 103 Å². The lowest BCUT2D eigenvalue weighted by Gasteiger charge is -2.47. The van der Waals surface area contributed by atoms with Crippen molar-refractivity contribution >= 4 is 24.8 Å². The molecule has 0 aromatic heterocycles. The number of nitrogens with one attached hydrogen (secondary N) is 1. The average Bonchev–Trinajstić information content (AvgIpc) is 3.30. The van der Waals surface area contributed by atoms with Gasteiger partial charge in [0.05, 0.1) is 12.2 Å². The van der Waals surface area contributed by atoms with Crippen molar-refractivity contribution in [3.05, 3.63) is 108 Å². The minimum Gasteiger partial charge on any atom is -0.444 e. The van der Waals surface area contributed by atoms with Gasteiger partial charge in [-0.1, -0.05) is 125 Å². The molecule has 1 amide bonds. The molecule has 1 heterocycles. The summed E-state index contributed by atoms with van der Waals surface area (Å²) in [5, 5.41) is 29.0. The fraction of sp³-hybridized carbons (Fsp3) is 0.475. The SMILES string of the molecule is C/C=C(\C)[C@@H]1OC(O)C(C(O)C(CNC(=O)OC(C)(C)C)c2ccccc2)[C@]1(C)CO[Si](c1ccccc1)(c1ccccc1)C(C)(C)C. The van der Waals surface area contributed by atoms with Crippen LogP contribution >= 0.6 is 0 Å². The van der Waals surface area contributed by atoms with Gasteiger partial charge in [-0.2, -0.15) is 0 Å². The number of hydrogen-bond donors (Lipinski definition) is 3. The molecule has 8 heteroatoms. The molecule has 4 unspecified atom stereocenters. The highest BCUT2D eigenvalue weighted by atomic mass is 28.4. The third-order valence-corrected chi connectivity index (χ3v) is 14.7. The summed E-state index contributed by atoms with van der Waals surface area (Å²) < 4.78 is 19.3. The molecule has 260 valence electrons. The number of benzene rings is 3. The van der Waals surface area contributed by atoms with Gasteiger partial charge < -0.3 is 29.4 Å². The van der Waals surface area contributed by atoms with E-state index in [0.717, 1.165) is 21.5 Å². The van der Waals surface area contributed by atoms with Crippen LogP contribution in [0.1, 0.15) is 73.8 Å². The van der Waals surface area contributed by atoms with Crippen molar-refractivity contribution in [3.63, 3.8) is 0 Å². The van der Waals surface area contributed by atoms with Crippen molar-refractivity contribution in [2.45, 2.75) is 97.4 Å². The zero-order valence-corrected chi connectivity index (χ0v) is 31.1. The van der Waals surface area contributed by atoms with E-state index in [9.17, 15) is 15.0 Å². The van der Waals surface area contributed by atoms with Gasteiger partial charge in [-0.25, -0.2) is 4.79 Å². The van der Waals surface area contributed by atoms with E-state index in [1.54, 1.807) is 0 Å². The smallest absolute Gasteiger partial charge is 0.407 e. The second-order valence-electron chi connectivity index (χ2n) is 15.3. The number of hydrogen-bond acceptors (Lipinski definition) is 6. The number of aliphatic hydroxyl groups is 2. The van der Waals surface area contributed by atoms with Crippen LogP contribution in [0.3, 0.4) is 0 Å². The van der Waals surface area contributed by atoms with Gasteiger partial charge in [-0.05, 0) is 61.2 Å². The fourth-order valence-electron chi connectivity index (χ4n) is 7.31. The van der Waals surface area contributed by atoms with Gasteiger partial charge >= 0.3 is 6.09 Å². The third kappa shape index (κ3) is 7.95. The maximum atomic E-state index is 12.8. The number of amides is 1. The zero-order valence-electron chi connectivity index (χ0n) is 30.1. The number of allylic oxidation sites excluding steroid dienone is 1. The molecule has 3 N–H and O–H groups in total. The summed E-state index contributed by atoms with van der Waals surface area (Å²) in [5.41, 5.74) is 0.242. The summed E-state index contributed by atoms with van der Waals surface area (Å²) in [6.07, 6.45) is -1.49. The van der Waals surface area contributed by atoms with Gasteiger partial charge in [0.15, 0.2) is 6.29 Å². The number of alkyl carbamates (subject to hydrolysis) is 1. The van der Waals surface area contributed by atoms with Gasteiger partial charge in [0.25, 0.3) is 8.32 Å². The predicted molar refractivity (Wildman–Crippen MR) is 195 cm³/mol. The zero-order chi connectivity index (χ0) is 35.3. The Morgan fingerprint density at radius 3 is 1.90 bits per heavy atom. The first kappa shape index (κ1) is 37.5. The van der Waals surface area contributed by atoms with Gasteiger partial charge in [0.1, 0.15) is 5.60 Å². The third-order valence-electron chi connectivity index (χ3n) is 9.70. The molecule has 0 aliphatic carbocycles. The van der Waals surface area contributed by atoms with Crippen LogP contribution in [0.4, 0.5) is 4.79 Å². The molecule has 3 aromatic carbocycles. The van der Waals surface area contributed by atoms with Crippen molar-refractivity contribution in [2.24, 2.45) is 11.3 Å². The van der Waals surface area contributed by atoms with E-state index in [0.29, 0.717) is 0 Å². The molecule has 7 nitrogen and oxygen atoms in total. The van der Waals surface area contributed by atoms with E-state index in [4.69, 9.17) is 13.9 Å². The number of carbonyl (C=O) groups is 1. The topological polar surface area (TPSA) is 97.2 Å². The first-order valence-corrected chi connectivity index (χ1v) is 18.9. The van der Waals surface area contributed by atoms with E-state index < -0.39 is 55.8 Å². The van der Waals surface area contributed by atoms with Crippen molar-refractivity contribution in [1.29, 1.82) is 0 Å². The Morgan fingerprint density at radius 2 is 1.44 bits per heavy atom. The molecule has 6 atom stereocenters. The molecule has 1 fully saturated rings. The lowest BCUT2D eigenvalue weighted by Crippen LogP contribution is -2.67. The highest BCUT2D eigenvalue weighted by molar-refractivity contribution is 6.99. The second-order valence-corrected chi connectivity index (χ2v) is 19.6. The van der Waals surface area contributed by atoms with Crippen LogP contribution in [0.5, 0.6) is 0 Å². The Balaban J connectivity index is 1.80. The maximum absolute atomic E-state index is 12.8. The number of ether oxygens (including phenoxy) is 2. The van der Waals surface area contributed by atoms with E-state index in [1.807, 2.05) is 83.2 Å². The summed E-state index contributed by atoms with van der Waals surface area (Å²) in [6.45, 7) is 18.4. The van der Waals surface area contributed by atoms with Gasteiger partial charge in [-0.15, -0.1) is 0 Å². The molecule has 48 heavy (non-hydrogen) atoms. The quantitative estimate of drug-likeness (QED) is 0.158. The number of aliphatic hydroxyl groups excluding tert-OH is 2. The lowest BCUT2D eigenvalue weighted by molar-refractivity contribution is -0.123. The van der Waals surface area contributed by atoms with E-state index in [-0.39, 0.29) is 18.2 Å². The Kier molecular flexibility index (Phi) is 11.8. The van der Waals surface area contributed by atoms with E-state index in [1.165, 1.54) is 0 Å². The normalized spacial score (nSPS) is 23.4. The van der Waals surface area contributed by atoms with Crippen LogP contribution in [0.25, 0.3) is 0 Å². The molecule has 1 saturated heterocycles. The predicted octanol–water partition coefficient (Wildman–Crippen LogP) is 6.54. The van der Waals surface area contributed by atoms with E-state index >= 15 is 0 Å². The minimum atomic E-state index is -2.98. The van der Waals surface area contributed by atoms with Gasteiger partial charge in [0.2, 0.25) is 0 Å². The highest BCUT2D eigenvalue weighted by Crippen LogP contribution is 2.51. The summed E-state index contributed by atoms with van der Waals surface area (Å²) in [4.78, 5) is 12.8. The van der Waals surface area contributed by atoms with Crippen LogP contribution in [0.2, 0.25) is 5.04 Å². The molecule has 3 aromatic rings. The van der Waals surface area contributed by atoms with Crippen molar-refractivity contribution in [1.82, 2.24) is 5.32 Å². The molecule has 0 saturated carbocycles. The van der Waals surface area contributed by atoms with E-state index in [2.05, 4.69) is 81.5 Å². The average molecular weight is 674 g/mol. The molecule has 4 rings (SSSR count). The Labute approximate surface area is 288 Å². The summed E-state index contributed by atoms with van der Waals surface area (Å²) in [7, 11) is -2.98. The van der Waals surface area contributed by atoms with Crippen LogP contribution in [-0.4, -0.2) is 61.9 Å². The highest BCUT2D eigenvalue weighted by Gasteiger charge is 2.60. The summed E-state index contributed by atoms with van der Waals surface area (Å²) >= 11 is 0. The largest absolute Gasteiger partial charge is 0.444 e. The van der Waals surface area contributed by atoms with Crippen LogP contribution in [0, 0.1) is 11.3 Å². The van der Waals surface area contributed by atoms with Crippen molar-refractivity contribution in [2.75, 3.05) is 13.2 Å². The second kappa shape index (κ2) is 15.1. The lowest BCUT2D eigenvalue weighted by atomic mass is 9.68. The summed E-state index contributed by atoms with van der Waals surface area (Å²) in [5.74, 6) is -1.33. The minimum absolute atomic E-state index is 0.0994. The number of rotatable bonds is 11. The Bertz CT molecular complexity index is 1460. The molecule has 0 radical (unpaired) electrons. The van der Waals surface area contributed by atoms with Crippen LogP contribution in [-0.2, 0) is 13.9 Å². The first-order valence-electron chi connectivity index (χ1n) is 17.0. The molecule has 0 spiro atoms.